The maximum Gasteiger partial charge on any atom is 0.250 e. The molecule has 0 bridgehead atoms. The van der Waals surface area contributed by atoms with Crippen LogP contribution in [0, 0.1) is 0 Å². The summed E-state index contributed by atoms with van der Waals surface area (Å²) in [6, 6.07) is 7.26. The van der Waals surface area contributed by atoms with Crippen LogP contribution < -0.4 is 17.1 Å². The van der Waals surface area contributed by atoms with E-state index in [1.54, 1.807) is 18.3 Å². The topological polar surface area (TPSA) is 127 Å². The van der Waals surface area contributed by atoms with Gasteiger partial charge < -0.3 is 16.2 Å². The molecule has 31 heavy (non-hydrogen) atoms. The first kappa shape index (κ1) is 22.2. The van der Waals surface area contributed by atoms with Crippen molar-refractivity contribution in [3.05, 3.63) is 54.1 Å². The third-order valence-electron chi connectivity index (χ3n) is 4.94. The molecule has 5 N–H and O–H groups in total. The Morgan fingerprint density at radius 2 is 1.97 bits per heavy atom. The number of piperidine rings is 1. The zero-order valence-electron chi connectivity index (χ0n) is 17.0. The van der Waals surface area contributed by atoms with Gasteiger partial charge in [0.2, 0.25) is 0 Å². The molecule has 164 valence electrons. The standard InChI is InChI=1S/C14H13N7O.C6H11F2N/c15-19-13(20-16)12-2-1-11(7-17-12)21-4-3-10-5-9(8-22)6-18-14(10)21;1-9-4-2-6(7,8)3-5-9/h1-8H,15-16H2,(H,19,20);2-5H2,1H3. The fourth-order valence-electron chi connectivity index (χ4n) is 3.11. The Kier molecular flexibility index (Phi) is 6.88. The molecule has 0 spiro atoms. The average Bonchev–Trinajstić information content (AvgIpc) is 3.21. The lowest BCUT2D eigenvalue weighted by molar-refractivity contribution is -0.0504. The SMILES string of the molecule is CN1CCC(F)(F)CC1.N/N=C(\NN)c1ccc(-n2ccc3cc(C=O)cnc32)cn1. The first-order valence-electron chi connectivity index (χ1n) is 9.57. The number of halogens is 2. The lowest BCUT2D eigenvalue weighted by atomic mass is 10.1. The smallest absolute Gasteiger partial charge is 0.250 e. The summed E-state index contributed by atoms with van der Waals surface area (Å²) in [5.41, 5.74) is 5.00. The number of aldehydes is 1. The van der Waals surface area contributed by atoms with Crippen LogP contribution in [0.5, 0.6) is 0 Å². The summed E-state index contributed by atoms with van der Waals surface area (Å²) in [5, 5.41) is 4.38. The first-order valence-corrected chi connectivity index (χ1v) is 9.57. The number of aromatic nitrogens is 3. The largest absolute Gasteiger partial charge is 0.321 e. The van der Waals surface area contributed by atoms with Crippen LogP contribution in [0.15, 0.2) is 48.0 Å². The first-order chi connectivity index (χ1) is 14.9. The van der Waals surface area contributed by atoms with Crippen molar-refractivity contribution in [2.75, 3.05) is 20.1 Å². The quantitative estimate of drug-likeness (QED) is 0.190. The molecule has 0 amide bonds. The third-order valence-corrected chi connectivity index (χ3v) is 4.94. The number of hydrazone groups is 1. The van der Waals surface area contributed by atoms with Crippen molar-refractivity contribution in [3.8, 4) is 5.69 Å². The number of amidine groups is 1. The van der Waals surface area contributed by atoms with E-state index in [9.17, 15) is 13.6 Å². The molecule has 0 aliphatic carbocycles. The maximum atomic E-state index is 12.4. The van der Waals surface area contributed by atoms with Crippen LogP contribution >= 0.6 is 0 Å². The molecule has 9 nitrogen and oxygen atoms in total. The van der Waals surface area contributed by atoms with Crippen molar-refractivity contribution in [1.29, 1.82) is 0 Å². The van der Waals surface area contributed by atoms with Crippen LogP contribution in [-0.2, 0) is 0 Å². The Morgan fingerprint density at radius 1 is 1.23 bits per heavy atom. The van der Waals surface area contributed by atoms with Gasteiger partial charge in [-0.25, -0.2) is 19.6 Å². The fourth-order valence-corrected chi connectivity index (χ4v) is 3.11. The Labute approximate surface area is 177 Å². The number of carbonyl (C=O) groups is 1. The van der Waals surface area contributed by atoms with Crippen LogP contribution in [0.4, 0.5) is 8.78 Å². The highest BCUT2D eigenvalue weighted by Crippen LogP contribution is 2.26. The number of hydrogen-bond acceptors (Lipinski definition) is 7. The van der Waals surface area contributed by atoms with Gasteiger partial charge in [0.15, 0.2) is 12.1 Å². The molecule has 3 aromatic rings. The minimum absolute atomic E-state index is 0.0312. The number of nitrogens with two attached hydrogens (primary N) is 2. The predicted molar refractivity (Wildman–Crippen MR) is 114 cm³/mol. The molecule has 1 saturated heterocycles. The molecule has 4 rings (SSSR count). The number of nitrogens with one attached hydrogen (secondary N) is 1. The normalized spacial score (nSPS) is 16.5. The van der Waals surface area contributed by atoms with Gasteiger partial charge in [-0.3, -0.25) is 14.3 Å². The van der Waals surface area contributed by atoms with E-state index >= 15 is 0 Å². The minimum Gasteiger partial charge on any atom is -0.321 e. The Hall–Kier alpha value is -3.44. The van der Waals surface area contributed by atoms with Crippen molar-refractivity contribution >= 4 is 23.2 Å². The van der Waals surface area contributed by atoms with E-state index in [2.05, 4.69) is 20.5 Å². The summed E-state index contributed by atoms with van der Waals surface area (Å²) in [7, 11) is 1.87. The molecule has 1 aliphatic heterocycles. The van der Waals surface area contributed by atoms with Crippen molar-refractivity contribution in [1.82, 2.24) is 24.9 Å². The van der Waals surface area contributed by atoms with E-state index in [1.807, 2.05) is 34.8 Å². The van der Waals surface area contributed by atoms with Crippen LogP contribution in [0.1, 0.15) is 28.9 Å². The van der Waals surface area contributed by atoms with E-state index in [4.69, 9.17) is 11.7 Å². The molecule has 0 radical (unpaired) electrons. The van der Waals surface area contributed by atoms with Crippen LogP contribution in [0.2, 0.25) is 0 Å². The molecule has 11 heteroatoms. The molecule has 1 aliphatic rings. The molecular weight excluding hydrogens is 406 g/mol. The zero-order chi connectivity index (χ0) is 22.4. The van der Waals surface area contributed by atoms with Gasteiger partial charge >= 0.3 is 0 Å². The summed E-state index contributed by atoms with van der Waals surface area (Å²) in [5.74, 6) is 8.42. The third kappa shape index (κ3) is 5.38. The summed E-state index contributed by atoms with van der Waals surface area (Å²) < 4.78 is 26.6. The van der Waals surface area contributed by atoms with Crippen molar-refractivity contribution in [3.63, 3.8) is 0 Å². The number of carbonyl (C=O) groups excluding carboxylic acids is 1. The average molecular weight is 430 g/mol. The highest BCUT2D eigenvalue weighted by molar-refractivity contribution is 5.96. The Morgan fingerprint density at radius 3 is 2.52 bits per heavy atom. The minimum atomic E-state index is -2.38. The number of likely N-dealkylation sites (tertiary alicyclic amines) is 1. The van der Waals surface area contributed by atoms with E-state index in [-0.39, 0.29) is 18.7 Å². The van der Waals surface area contributed by atoms with Gasteiger partial charge in [-0.2, -0.15) is 5.10 Å². The van der Waals surface area contributed by atoms with Gasteiger partial charge in [0.1, 0.15) is 11.3 Å². The molecule has 4 heterocycles. The second kappa shape index (κ2) is 9.58. The predicted octanol–water partition coefficient (Wildman–Crippen LogP) is 1.66. The van der Waals surface area contributed by atoms with Crippen LogP contribution in [0.25, 0.3) is 16.7 Å². The Balaban J connectivity index is 0.000000254. The van der Waals surface area contributed by atoms with Crippen molar-refractivity contribution in [2.45, 2.75) is 18.8 Å². The number of alkyl halides is 2. The van der Waals surface area contributed by atoms with E-state index in [0.29, 0.717) is 24.3 Å². The molecule has 0 aromatic carbocycles. The van der Waals surface area contributed by atoms with Gasteiger partial charge in [0.05, 0.1) is 11.9 Å². The van der Waals surface area contributed by atoms with Gasteiger partial charge in [-0.05, 0) is 31.3 Å². The number of nitrogens with zero attached hydrogens (tertiary/aromatic N) is 5. The second-order valence-corrected chi connectivity index (χ2v) is 7.17. The van der Waals surface area contributed by atoms with Crippen molar-refractivity contribution in [2.24, 2.45) is 16.8 Å². The highest BCUT2D eigenvalue weighted by atomic mass is 19.3. The van der Waals surface area contributed by atoms with Gasteiger partial charge in [0, 0.05) is 49.3 Å². The second-order valence-electron chi connectivity index (χ2n) is 7.17. The molecule has 0 saturated carbocycles. The van der Waals surface area contributed by atoms with Gasteiger partial charge in [-0.15, -0.1) is 0 Å². The number of rotatable bonds is 3. The summed E-state index contributed by atoms with van der Waals surface area (Å²) in [6.07, 6.45) is 5.89. The van der Waals surface area contributed by atoms with Crippen LogP contribution in [-0.4, -0.2) is 57.6 Å². The van der Waals surface area contributed by atoms with Crippen LogP contribution in [0.3, 0.4) is 0 Å². The molecule has 3 aromatic heterocycles. The highest BCUT2D eigenvalue weighted by Gasteiger charge is 2.32. The van der Waals surface area contributed by atoms with Gasteiger partial charge in [-0.1, -0.05) is 0 Å². The number of hydrazine groups is 1. The Bertz CT molecular complexity index is 1050. The number of fused-ring (bicyclic) bond motifs is 1. The summed E-state index contributed by atoms with van der Waals surface area (Å²) >= 11 is 0. The fraction of sp³-hybridized carbons (Fsp3) is 0.300. The lowest BCUT2D eigenvalue weighted by Crippen LogP contribution is -2.36. The summed E-state index contributed by atoms with van der Waals surface area (Å²) in [4.78, 5) is 21.3. The number of hydrogen-bond donors (Lipinski definition) is 3. The lowest BCUT2D eigenvalue weighted by Gasteiger charge is -2.28. The van der Waals surface area contributed by atoms with Crippen molar-refractivity contribution < 1.29 is 13.6 Å². The molecule has 0 atom stereocenters. The zero-order valence-corrected chi connectivity index (χ0v) is 17.0. The molecule has 0 unspecified atom stereocenters. The van der Waals surface area contributed by atoms with Gasteiger partial charge in [0.25, 0.3) is 5.92 Å². The van der Waals surface area contributed by atoms with E-state index in [0.717, 1.165) is 23.0 Å². The molecule has 1 fully saturated rings. The van der Waals surface area contributed by atoms with E-state index in [1.165, 1.54) is 6.20 Å². The number of pyridine rings is 2. The van der Waals surface area contributed by atoms with E-state index < -0.39 is 5.92 Å². The summed E-state index contributed by atoms with van der Waals surface area (Å²) in [6.45, 7) is 1.07. The molecular formula is C20H24F2N8O. The maximum absolute atomic E-state index is 12.4. The monoisotopic (exact) mass is 430 g/mol.